The van der Waals surface area contributed by atoms with E-state index < -0.39 is 0 Å². The Hall–Kier alpha value is -2.66. The van der Waals surface area contributed by atoms with Gasteiger partial charge in [-0.3, -0.25) is 14.5 Å². The molecule has 1 aromatic rings. The lowest BCUT2D eigenvalue weighted by Gasteiger charge is -2.37. The van der Waals surface area contributed by atoms with Crippen LogP contribution in [0.1, 0.15) is 96.6 Å². The smallest absolute Gasteiger partial charge is 0.227 e. The number of rotatable bonds is 13. The van der Waals surface area contributed by atoms with E-state index in [4.69, 9.17) is 0 Å². The van der Waals surface area contributed by atoms with Gasteiger partial charge in [0.05, 0.1) is 0 Å². The lowest BCUT2D eigenvalue weighted by Crippen LogP contribution is -2.46. The first kappa shape index (κ1) is 31.3. The summed E-state index contributed by atoms with van der Waals surface area (Å²) < 4.78 is 0. The maximum atomic E-state index is 12.9. The standard InChI is InChI=1S/C36H53N3O2/c1-5-33-29(4)12-8-9-15-34(33)38-24-22-37(23-25-38)20-10-6-7-13-30-17-18-31-14-11-16-36(41)39(35(31)27-30)21-19-32(40)26-28(2)3/h9,12,15,17-18,27-28H,5-8,10-11,13-14,16,19-26H2,1-4H3. The molecular weight excluding hydrogens is 506 g/mol. The number of unbranched alkanes of at least 4 members (excludes halogenated alkanes) is 2. The third kappa shape index (κ3) is 8.91. The van der Waals surface area contributed by atoms with E-state index in [1.165, 1.54) is 53.8 Å². The number of fused-ring (bicyclic) bond motifs is 1. The first-order valence-electron chi connectivity index (χ1n) is 16.3. The van der Waals surface area contributed by atoms with Crippen molar-refractivity contribution in [3.8, 4) is 0 Å². The van der Waals surface area contributed by atoms with Crippen molar-refractivity contribution in [3.63, 3.8) is 0 Å². The van der Waals surface area contributed by atoms with Gasteiger partial charge in [0, 0.05) is 63.4 Å². The van der Waals surface area contributed by atoms with Crippen molar-refractivity contribution in [2.24, 2.45) is 5.92 Å². The molecule has 0 radical (unpaired) electrons. The van der Waals surface area contributed by atoms with Gasteiger partial charge in [-0.05, 0) is 98.7 Å². The third-order valence-electron chi connectivity index (χ3n) is 8.96. The molecular formula is C36H53N3O2. The zero-order valence-electron chi connectivity index (χ0n) is 26.2. The van der Waals surface area contributed by atoms with Crippen LogP contribution in [0.15, 0.2) is 53.3 Å². The summed E-state index contributed by atoms with van der Waals surface area (Å²) >= 11 is 0. The molecule has 0 saturated carbocycles. The van der Waals surface area contributed by atoms with Crippen molar-refractivity contribution in [2.45, 2.75) is 98.3 Å². The number of benzene rings is 1. The number of piperazine rings is 1. The highest BCUT2D eigenvalue weighted by Gasteiger charge is 2.24. The van der Waals surface area contributed by atoms with Crippen molar-refractivity contribution >= 4 is 17.4 Å². The Bertz CT molecular complexity index is 1140. The van der Waals surface area contributed by atoms with E-state index in [1.807, 2.05) is 4.90 Å². The average molecular weight is 560 g/mol. The van der Waals surface area contributed by atoms with E-state index in [2.05, 4.69) is 73.9 Å². The summed E-state index contributed by atoms with van der Waals surface area (Å²) in [6.07, 6.45) is 17.3. The van der Waals surface area contributed by atoms with Gasteiger partial charge in [-0.1, -0.05) is 51.5 Å². The Balaban J connectivity index is 1.23. The number of anilines is 1. The monoisotopic (exact) mass is 559 g/mol. The first-order chi connectivity index (χ1) is 19.9. The van der Waals surface area contributed by atoms with Gasteiger partial charge in [-0.2, -0.15) is 0 Å². The lowest BCUT2D eigenvalue weighted by atomic mass is 10.0. The quantitative estimate of drug-likeness (QED) is 0.239. The van der Waals surface area contributed by atoms with Crippen LogP contribution >= 0.6 is 0 Å². The van der Waals surface area contributed by atoms with E-state index in [0.717, 1.165) is 64.0 Å². The van der Waals surface area contributed by atoms with Gasteiger partial charge in [-0.25, -0.2) is 0 Å². The Morgan fingerprint density at radius 3 is 2.56 bits per heavy atom. The normalized spacial score (nSPS) is 18.5. The summed E-state index contributed by atoms with van der Waals surface area (Å²) in [6, 6.07) is 6.72. The minimum Gasteiger partial charge on any atom is -0.369 e. The molecule has 5 nitrogen and oxygen atoms in total. The highest BCUT2D eigenvalue weighted by molar-refractivity contribution is 5.95. The number of aryl methyl sites for hydroxylation is 2. The van der Waals surface area contributed by atoms with Crippen LogP contribution in [0.3, 0.4) is 0 Å². The van der Waals surface area contributed by atoms with E-state index in [0.29, 0.717) is 31.7 Å². The fraction of sp³-hybridized carbons (Fsp3) is 0.611. The van der Waals surface area contributed by atoms with Gasteiger partial charge in [0.1, 0.15) is 5.78 Å². The lowest BCUT2D eigenvalue weighted by molar-refractivity contribution is -0.120. The van der Waals surface area contributed by atoms with Gasteiger partial charge in [0.2, 0.25) is 5.91 Å². The number of Topliss-reactive ketones (excluding diaryl/α,β-unsaturated/α-hetero) is 1. The number of hydrogen-bond acceptors (Lipinski definition) is 4. The SMILES string of the molecule is CCC1=C(N2CCN(CCCCCc3ccc4c(c3)N(CCC(=O)CC(C)C)C(=O)CCC4)CC2)C=CCC=C1C. The van der Waals surface area contributed by atoms with Crippen LogP contribution in [0.5, 0.6) is 0 Å². The van der Waals surface area contributed by atoms with Crippen molar-refractivity contribution in [1.82, 2.24) is 9.80 Å². The largest absolute Gasteiger partial charge is 0.369 e. The molecule has 0 bridgehead atoms. The summed E-state index contributed by atoms with van der Waals surface area (Å²) in [4.78, 5) is 32.5. The fourth-order valence-corrected chi connectivity index (χ4v) is 6.63. The van der Waals surface area contributed by atoms with Crippen molar-refractivity contribution in [3.05, 3.63) is 64.4 Å². The number of allylic oxidation sites excluding steroid dienone is 5. The molecule has 41 heavy (non-hydrogen) atoms. The molecule has 0 N–H and O–H groups in total. The topological polar surface area (TPSA) is 43.9 Å². The zero-order valence-corrected chi connectivity index (χ0v) is 26.2. The minimum absolute atomic E-state index is 0.169. The van der Waals surface area contributed by atoms with Crippen LogP contribution in [0, 0.1) is 5.92 Å². The molecule has 2 aliphatic heterocycles. The van der Waals surface area contributed by atoms with Crippen LogP contribution in [0.25, 0.3) is 0 Å². The molecule has 4 rings (SSSR count). The molecule has 1 saturated heterocycles. The third-order valence-corrected chi connectivity index (χ3v) is 8.96. The van der Waals surface area contributed by atoms with Crippen molar-refractivity contribution < 1.29 is 9.59 Å². The number of nitrogens with zero attached hydrogens (tertiary/aromatic N) is 3. The molecule has 224 valence electrons. The van der Waals surface area contributed by atoms with Gasteiger partial charge < -0.3 is 9.80 Å². The van der Waals surface area contributed by atoms with Gasteiger partial charge in [-0.15, -0.1) is 0 Å². The van der Waals surface area contributed by atoms with Gasteiger partial charge in [0.15, 0.2) is 0 Å². The Labute approximate surface area is 249 Å². The molecule has 1 amide bonds. The average Bonchev–Trinajstić information content (AvgIpc) is 3.23. The highest BCUT2D eigenvalue weighted by atomic mass is 16.2. The molecule has 5 heteroatoms. The molecule has 1 aromatic carbocycles. The second kappa shape index (κ2) is 15.5. The van der Waals surface area contributed by atoms with E-state index >= 15 is 0 Å². The van der Waals surface area contributed by atoms with Crippen LogP contribution in [-0.2, 0) is 22.4 Å². The fourth-order valence-electron chi connectivity index (χ4n) is 6.63. The molecule has 0 aromatic heterocycles. The second-order valence-corrected chi connectivity index (χ2v) is 12.6. The molecule has 0 unspecified atom stereocenters. The van der Waals surface area contributed by atoms with Gasteiger partial charge in [0.25, 0.3) is 0 Å². The number of hydrogen-bond donors (Lipinski definition) is 0. The number of amides is 1. The van der Waals surface area contributed by atoms with E-state index in [-0.39, 0.29) is 11.7 Å². The zero-order chi connectivity index (χ0) is 29.2. The summed E-state index contributed by atoms with van der Waals surface area (Å²) in [5, 5.41) is 0. The predicted octanol–water partition coefficient (Wildman–Crippen LogP) is 7.26. The second-order valence-electron chi connectivity index (χ2n) is 12.6. The Kier molecular flexibility index (Phi) is 11.9. The Morgan fingerprint density at radius 2 is 1.80 bits per heavy atom. The van der Waals surface area contributed by atoms with E-state index in [9.17, 15) is 9.59 Å². The minimum atomic E-state index is 0.169. The Morgan fingerprint density at radius 1 is 1.00 bits per heavy atom. The first-order valence-corrected chi connectivity index (χ1v) is 16.3. The van der Waals surface area contributed by atoms with Crippen molar-refractivity contribution in [2.75, 3.05) is 44.2 Å². The summed E-state index contributed by atoms with van der Waals surface area (Å²) in [6.45, 7) is 14.9. The number of carbonyl (C=O) groups excluding carboxylic acids is 2. The van der Waals surface area contributed by atoms with Crippen molar-refractivity contribution in [1.29, 1.82) is 0 Å². The van der Waals surface area contributed by atoms with Crippen LogP contribution in [0.2, 0.25) is 0 Å². The van der Waals surface area contributed by atoms with Gasteiger partial charge >= 0.3 is 0 Å². The van der Waals surface area contributed by atoms with E-state index in [1.54, 1.807) is 0 Å². The highest BCUT2D eigenvalue weighted by Crippen LogP contribution is 2.30. The predicted molar refractivity (Wildman–Crippen MR) is 171 cm³/mol. The van der Waals surface area contributed by atoms with Crippen LogP contribution in [0.4, 0.5) is 5.69 Å². The number of ketones is 1. The number of carbonyl (C=O) groups is 2. The maximum absolute atomic E-state index is 12.9. The molecule has 3 aliphatic rings. The molecule has 1 fully saturated rings. The maximum Gasteiger partial charge on any atom is 0.227 e. The summed E-state index contributed by atoms with van der Waals surface area (Å²) in [5.74, 6) is 0.790. The van der Waals surface area contributed by atoms with Crippen LogP contribution in [-0.4, -0.2) is 60.8 Å². The van der Waals surface area contributed by atoms with Crippen LogP contribution < -0.4 is 4.90 Å². The molecule has 2 heterocycles. The molecule has 1 aliphatic carbocycles. The molecule has 0 spiro atoms. The molecule has 0 atom stereocenters. The summed E-state index contributed by atoms with van der Waals surface area (Å²) in [5.41, 5.74) is 8.02. The summed E-state index contributed by atoms with van der Waals surface area (Å²) in [7, 11) is 0.